The molecule has 0 N–H and O–H groups in total. The number of aromatic nitrogens is 1. The van der Waals surface area contributed by atoms with Crippen molar-refractivity contribution in [3.63, 3.8) is 0 Å². The molecule has 4 aromatic rings. The Bertz CT molecular complexity index is 1540. The summed E-state index contributed by atoms with van der Waals surface area (Å²) in [7, 11) is -4.34. The van der Waals surface area contributed by atoms with E-state index in [1.807, 2.05) is 0 Å². The number of hydrogen-bond acceptors (Lipinski definition) is 7. The van der Waals surface area contributed by atoms with Crippen molar-refractivity contribution in [3.05, 3.63) is 88.9 Å². The number of benzene rings is 2. The summed E-state index contributed by atoms with van der Waals surface area (Å²) in [5, 5.41) is 0.349. The highest BCUT2D eigenvalue weighted by Gasteiger charge is 2.34. The highest BCUT2D eigenvalue weighted by atomic mass is 32.2. The molecule has 0 aliphatic carbocycles. The number of ether oxygens (including phenoxy) is 1. The number of sulfonamides is 1. The van der Waals surface area contributed by atoms with Crippen LogP contribution >= 0.6 is 0 Å². The summed E-state index contributed by atoms with van der Waals surface area (Å²) in [5.74, 6) is -1.02. The van der Waals surface area contributed by atoms with Crippen molar-refractivity contribution in [3.8, 4) is 0 Å². The molecule has 35 heavy (non-hydrogen) atoms. The van der Waals surface area contributed by atoms with Gasteiger partial charge in [0.2, 0.25) is 0 Å². The molecule has 0 unspecified atom stereocenters. The molecule has 0 saturated carbocycles. The molecule has 180 valence electrons. The molecule has 4 rings (SSSR count). The Morgan fingerprint density at radius 2 is 1.71 bits per heavy atom. The molecule has 0 fully saturated rings. The quantitative estimate of drug-likeness (QED) is 0.350. The van der Waals surface area contributed by atoms with Crippen molar-refractivity contribution in [2.24, 2.45) is 0 Å². The number of carbonyl (C=O) groups is 2. The van der Waals surface area contributed by atoms with Gasteiger partial charge >= 0.3 is 5.97 Å². The Labute approximate surface area is 203 Å². The average Bonchev–Trinajstić information content (AvgIpc) is 3.16. The van der Waals surface area contributed by atoms with Crippen LogP contribution < -0.4 is 4.31 Å². The van der Waals surface area contributed by atoms with E-state index in [1.54, 1.807) is 39.8 Å². The molecule has 1 amide bonds. The summed E-state index contributed by atoms with van der Waals surface area (Å²) in [4.78, 5) is 30.1. The van der Waals surface area contributed by atoms with E-state index < -0.39 is 21.9 Å². The number of carbonyl (C=O) groups excluding carboxylic acids is 2. The molecular weight excluding hydrogens is 468 g/mol. The fourth-order valence-corrected chi connectivity index (χ4v) is 5.57. The Hall–Kier alpha value is -3.98. The van der Waals surface area contributed by atoms with E-state index in [2.05, 4.69) is 4.98 Å². The Balaban J connectivity index is 1.97. The zero-order valence-electron chi connectivity index (χ0n) is 19.7. The predicted octanol–water partition coefficient (Wildman–Crippen LogP) is 4.97. The number of hydrogen-bond donors (Lipinski definition) is 0. The maximum Gasteiger partial charge on any atom is 0.342 e. The zero-order valence-corrected chi connectivity index (χ0v) is 20.5. The number of aryl methyl sites for hydroxylation is 3. The second-order valence-electron chi connectivity index (χ2n) is 8.01. The minimum absolute atomic E-state index is 0.00833. The van der Waals surface area contributed by atoms with Crippen LogP contribution in [0.4, 0.5) is 5.69 Å². The number of amides is 1. The minimum atomic E-state index is -4.34. The van der Waals surface area contributed by atoms with Crippen molar-refractivity contribution >= 4 is 38.6 Å². The third kappa shape index (κ3) is 4.42. The summed E-state index contributed by atoms with van der Waals surface area (Å²) in [6.07, 6.45) is 2.83. The molecule has 2 heterocycles. The Morgan fingerprint density at radius 1 is 1.00 bits per heavy atom. The zero-order chi connectivity index (χ0) is 25.3. The smallest absolute Gasteiger partial charge is 0.342 e. The number of nitrogens with zero attached hydrogens (tertiary/aromatic N) is 2. The van der Waals surface area contributed by atoms with Gasteiger partial charge in [0.25, 0.3) is 15.9 Å². The molecule has 2 aromatic heterocycles. The van der Waals surface area contributed by atoms with Crippen LogP contribution in [-0.2, 0) is 14.8 Å². The van der Waals surface area contributed by atoms with Crippen LogP contribution in [0, 0.1) is 20.8 Å². The van der Waals surface area contributed by atoms with Crippen molar-refractivity contribution in [2.75, 3.05) is 10.9 Å². The third-order valence-corrected chi connectivity index (χ3v) is 7.39. The van der Waals surface area contributed by atoms with E-state index in [1.165, 1.54) is 48.8 Å². The molecule has 0 aliphatic heterocycles. The van der Waals surface area contributed by atoms with Gasteiger partial charge in [-0.1, -0.05) is 12.1 Å². The molecule has 0 aliphatic rings. The highest BCUT2D eigenvalue weighted by molar-refractivity contribution is 7.93. The van der Waals surface area contributed by atoms with Gasteiger partial charge in [-0.15, -0.1) is 0 Å². The standard InChI is InChI=1S/C26H24N2O6S/c1-5-33-26(30)24-18(4)34-22-9-8-20(15-21(22)24)28(25(29)19-10-12-27-13-11-19)35(31,32)23-14-16(2)6-7-17(23)3/h6-15H,5H2,1-4H3. The van der Waals surface area contributed by atoms with Crippen LogP contribution in [0.2, 0.25) is 0 Å². The van der Waals surface area contributed by atoms with Gasteiger partial charge in [-0.3, -0.25) is 9.78 Å². The second-order valence-corrected chi connectivity index (χ2v) is 9.77. The summed E-state index contributed by atoms with van der Waals surface area (Å²) >= 11 is 0. The lowest BCUT2D eigenvalue weighted by Gasteiger charge is -2.24. The second kappa shape index (κ2) is 9.34. The molecule has 0 atom stereocenters. The number of esters is 1. The molecule has 0 spiro atoms. The largest absolute Gasteiger partial charge is 0.462 e. The monoisotopic (exact) mass is 492 g/mol. The highest BCUT2D eigenvalue weighted by Crippen LogP contribution is 2.34. The maximum absolute atomic E-state index is 14.0. The lowest BCUT2D eigenvalue weighted by Crippen LogP contribution is -2.37. The maximum atomic E-state index is 14.0. The lowest BCUT2D eigenvalue weighted by molar-refractivity contribution is 0.0526. The molecule has 9 heteroatoms. The first kappa shape index (κ1) is 24.2. The van der Waals surface area contributed by atoms with Crippen LogP contribution in [0.25, 0.3) is 11.0 Å². The topological polar surface area (TPSA) is 107 Å². The first-order chi connectivity index (χ1) is 16.6. The number of furan rings is 1. The van der Waals surface area contributed by atoms with Gasteiger partial charge in [0, 0.05) is 23.3 Å². The normalized spacial score (nSPS) is 11.4. The summed E-state index contributed by atoms with van der Waals surface area (Å²) < 4.78 is 39.5. The summed E-state index contributed by atoms with van der Waals surface area (Å²) in [6.45, 7) is 6.92. The van der Waals surface area contributed by atoms with Gasteiger partial charge in [-0.2, -0.15) is 4.31 Å². The van der Waals surface area contributed by atoms with Gasteiger partial charge in [0.05, 0.1) is 17.2 Å². The summed E-state index contributed by atoms with van der Waals surface area (Å²) in [5.41, 5.74) is 1.99. The Morgan fingerprint density at radius 3 is 2.40 bits per heavy atom. The Kier molecular flexibility index (Phi) is 6.45. The predicted molar refractivity (Wildman–Crippen MR) is 131 cm³/mol. The first-order valence-corrected chi connectivity index (χ1v) is 12.4. The minimum Gasteiger partial charge on any atom is -0.462 e. The molecule has 0 bridgehead atoms. The van der Waals surface area contributed by atoms with Crippen molar-refractivity contribution in [1.82, 2.24) is 4.98 Å². The van der Waals surface area contributed by atoms with Crippen molar-refractivity contribution < 1.29 is 27.2 Å². The average molecular weight is 493 g/mol. The fourth-order valence-electron chi connectivity index (χ4n) is 3.85. The van der Waals surface area contributed by atoms with Crippen LogP contribution in [0.3, 0.4) is 0 Å². The van der Waals surface area contributed by atoms with E-state index in [-0.39, 0.29) is 28.3 Å². The lowest BCUT2D eigenvalue weighted by atomic mass is 10.1. The van der Waals surface area contributed by atoms with Gasteiger partial charge in [-0.25, -0.2) is 13.2 Å². The van der Waals surface area contributed by atoms with Gasteiger partial charge in [-0.05, 0) is 75.2 Å². The molecular formula is C26H24N2O6S. The number of rotatable bonds is 6. The molecule has 0 radical (unpaired) electrons. The van der Waals surface area contributed by atoms with Crippen LogP contribution in [0.5, 0.6) is 0 Å². The van der Waals surface area contributed by atoms with Crippen LogP contribution in [-0.4, -0.2) is 31.9 Å². The van der Waals surface area contributed by atoms with Crippen LogP contribution in [0.1, 0.15) is 44.5 Å². The molecule has 2 aromatic carbocycles. The first-order valence-electron chi connectivity index (χ1n) is 10.9. The van der Waals surface area contributed by atoms with Gasteiger partial charge in [0.15, 0.2) is 0 Å². The summed E-state index contributed by atoms with van der Waals surface area (Å²) in [6, 6.07) is 12.4. The van der Waals surface area contributed by atoms with E-state index in [4.69, 9.17) is 9.15 Å². The third-order valence-electron chi connectivity index (χ3n) is 5.54. The number of fused-ring (bicyclic) bond motifs is 1. The van der Waals surface area contributed by atoms with E-state index in [9.17, 15) is 18.0 Å². The van der Waals surface area contributed by atoms with Crippen molar-refractivity contribution in [2.45, 2.75) is 32.6 Å². The molecule has 8 nitrogen and oxygen atoms in total. The number of pyridine rings is 1. The van der Waals surface area contributed by atoms with Crippen LogP contribution in [0.15, 0.2) is 70.2 Å². The van der Waals surface area contributed by atoms with E-state index in [0.29, 0.717) is 22.3 Å². The number of anilines is 1. The molecule has 0 saturated heterocycles. The van der Waals surface area contributed by atoms with E-state index in [0.717, 1.165) is 9.87 Å². The van der Waals surface area contributed by atoms with Crippen molar-refractivity contribution in [1.29, 1.82) is 0 Å². The van der Waals surface area contributed by atoms with Gasteiger partial charge in [0.1, 0.15) is 16.9 Å². The SMILES string of the molecule is CCOC(=O)c1c(C)oc2ccc(N(C(=O)c3ccncc3)S(=O)(=O)c3cc(C)ccc3C)cc12. The van der Waals surface area contributed by atoms with E-state index >= 15 is 0 Å². The fraction of sp³-hybridized carbons (Fsp3) is 0.192. The van der Waals surface area contributed by atoms with Gasteiger partial charge < -0.3 is 9.15 Å².